The predicted molar refractivity (Wildman–Crippen MR) is 125 cm³/mol. The van der Waals surface area contributed by atoms with Crippen LogP contribution in [0.1, 0.15) is 39.2 Å². The van der Waals surface area contributed by atoms with E-state index in [0.717, 1.165) is 16.8 Å². The molecule has 1 atom stereocenters. The number of para-hydroxylation sites is 2. The Morgan fingerprint density at radius 1 is 1.11 bits per heavy atom. The van der Waals surface area contributed by atoms with Gasteiger partial charge in [0.2, 0.25) is 5.43 Å². The maximum atomic E-state index is 13.6. The van der Waals surface area contributed by atoms with Crippen LogP contribution < -0.4 is 15.5 Å². The molecule has 0 saturated heterocycles. The van der Waals surface area contributed by atoms with Gasteiger partial charge in [-0.1, -0.05) is 30.3 Å². The van der Waals surface area contributed by atoms with Crippen LogP contribution in [0.15, 0.2) is 71.8 Å². The third-order valence-corrected chi connectivity index (χ3v) is 5.60. The molecule has 2 aromatic heterocycles. The van der Waals surface area contributed by atoms with E-state index in [-0.39, 0.29) is 11.4 Å². The summed E-state index contributed by atoms with van der Waals surface area (Å²) < 4.78 is 49.0. The minimum absolute atomic E-state index is 0.138. The highest BCUT2D eigenvalue weighted by Gasteiger charge is 2.34. The Labute approximate surface area is 204 Å². The first-order valence-corrected chi connectivity index (χ1v) is 10.8. The topological polar surface area (TPSA) is 91.0 Å². The summed E-state index contributed by atoms with van der Waals surface area (Å²) in [5.41, 5.74) is -1.84. The number of halogens is 3. The lowest BCUT2D eigenvalue weighted by atomic mass is 10.0. The highest BCUT2D eigenvalue weighted by molar-refractivity contribution is 5.92. The second kappa shape index (κ2) is 9.68. The number of aryl methyl sites for hydroxylation is 2. The standard InChI is InChI=1S/C25H22F3N5O3/c1-15-14-19(34)22(31-33(15)18-10-6-5-9-17(18)25(26,27)28)24(35)30-21(23-29-12-13-32(23)2)16-8-4-7-11-20(16)36-3/h4-14,21H,1-3H3,(H,30,35). The summed E-state index contributed by atoms with van der Waals surface area (Å²) in [6, 6.07) is 12.0. The molecular formula is C25H22F3N5O3. The molecule has 0 aliphatic heterocycles. The molecule has 0 radical (unpaired) electrons. The van der Waals surface area contributed by atoms with Gasteiger partial charge in [0.1, 0.15) is 17.6 Å². The molecular weight excluding hydrogens is 475 g/mol. The number of ether oxygens (including phenoxy) is 1. The third-order valence-electron chi connectivity index (χ3n) is 5.60. The van der Waals surface area contributed by atoms with Gasteiger partial charge in [-0.2, -0.15) is 18.3 Å². The summed E-state index contributed by atoms with van der Waals surface area (Å²) in [6.45, 7) is 1.44. The molecule has 186 valence electrons. The summed E-state index contributed by atoms with van der Waals surface area (Å²) in [6.07, 6.45) is -1.42. The summed E-state index contributed by atoms with van der Waals surface area (Å²) in [5, 5.41) is 6.79. The molecule has 11 heteroatoms. The minimum Gasteiger partial charge on any atom is -0.496 e. The number of nitrogens with zero attached hydrogens (tertiary/aromatic N) is 4. The number of hydrogen-bond acceptors (Lipinski definition) is 5. The van der Waals surface area contributed by atoms with Gasteiger partial charge in [-0.15, -0.1) is 0 Å². The summed E-state index contributed by atoms with van der Waals surface area (Å²) in [7, 11) is 3.22. The van der Waals surface area contributed by atoms with Gasteiger partial charge in [0.25, 0.3) is 5.91 Å². The van der Waals surface area contributed by atoms with Gasteiger partial charge >= 0.3 is 6.18 Å². The van der Waals surface area contributed by atoms with Crippen molar-refractivity contribution in [2.45, 2.75) is 19.1 Å². The Bertz CT molecular complexity index is 1480. The quantitative estimate of drug-likeness (QED) is 0.437. The van der Waals surface area contributed by atoms with Crippen LogP contribution in [0.25, 0.3) is 5.69 Å². The zero-order chi connectivity index (χ0) is 26.0. The molecule has 1 unspecified atom stereocenters. The van der Waals surface area contributed by atoms with E-state index >= 15 is 0 Å². The Morgan fingerprint density at radius 3 is 2.47 bits per heavy atom. The first kappa shape index (κ1) is 24.7. The lowest BCUT2D eigenvalue weighted by molar-refractivity contribution is -0.137. The number of alkyl halides is 3. The first-order valence-electron chi connectivity index (χ1n) is 10.8. The fraction of sp³-hybridized carbons (Fsp3) is 0.200. The molecule has 36 heavy (non-hydrogen) atoms. The van der Waals surface area contributed by atoms with Gasteiger partial charge in [-0.05, 0) is 25.1 Å². The number of aromatic nitrogens is 4. The van der Waals surface area contributed by atoms with Crippen molar-refractivity contribution in [3.05, 3.63) is 106 Å². The van der Waals surface area contributed by atoms with Crippen LogP contribution in [0.2, 0.25) is 0 Å². The highest BCUT2D eigenvalue weighted by atomic mass is 19.4. The smallest absolute Gasteiger partial charge is 0.418 e. The first-order chi connectivity index (χ1) is 17.1. The van der Waals surface area contributed by atoms with E-state index in [0.29, 0.717) is 17.1 Å². The summed E-state index contributed by atoms with van der Waals surface area (Å²) in [5.74, 6) is 0.0408. The monoisotopic (exact) mass is 497 g/mol. The number of carbonyl (C=O) groups excluding carboxylic acids is 1. The number of methoxy groups -OCH3 is 1. The van der Waals surface area contributed by atoms with Crippen molar-refractivity contribution in [2.75, 3.05) is 7.11 Å². The largest absolute Gasteiger partial charge is 0.496 e. The minimum atomic E-state index is -4.66. The highest BCUT2D eigenvalue weighted by Crippen LogP contribution is 2.34. The van der Waals surface area contributed by atoms with E-state index in [1.54, 1.807) is 48.3 Å². The normalized spacial score (nSPS) is 12.3. The fourth-order valence-electron chi connectivity index (χ4n) is 3.89. The molecule has 0 aliphatic rings. The molecule has 4 rings (SSSR count). The van der Waals surface area contributed by atoms with E-state index in [9.17, 15) is 22.8 Å². The van der Waals surface area contributed by atoms with Crippen LogP contribution in [-0.2, 0) is 13.2 Å². The van der Waals surface area contributed by atoms with Crippen molar-refractivity contribution in [2.24, 2.45) is 7.05 Å². The molecule has 1 amide bonds. The summed E-state index contributed by atoms with van der Waals surface area (Å²) in [4.78, 5) is 30.4. The predicted octanol–water partition coefficient (Wildman–Crippen LogP) is 3.82. The fourth-order valence-corrected chi connectivity index (χ4v) is 3.89. The van der Waals surface area contributed by atoms with Crippen molar-refractivity contribution in [1.29, 1.82) is 0 Å². The number of nitrogens with one attached hydrogen (secondary N) is 1. The van der Waals surface area contributed by atoms with E-state index in [2.05, 4.69) is 15.4 Å². The van der Waals surface area contributed by atoms with Crippen LogP contribution in [0, 0.1) is 6.92 Å². The maximum Gasteiger partial charge on any atom is 0.418 e. The van der Waals surface area contributed by atoms with Gasteiger partial charge in [0.15, 0.2) is 5.69 Å². The maximum absolute atomic E-state index is 13.6. The second-order valence-electron chi connectivity index (χ2n) is 7.97. The van der Waals surface area contributed by atoms with E-state index < -0.39 is 34.8 Å². The molecule has 0 saturated carbocycles. The zero-order valence-corrected chi connectivity index (χ0v) is 19.6. The van der Waals surface area contributed by atoms with Crippen LogP contribution in [0.5, 0.6) is 5.75 Å². The number of carbonyl (C=O) groups is 1. The lowest BCUT2D eigenvalue weighted by Gasteiger charge is -2.21. The second-order valence-corrected chi connectivity index (χ2v) is 7.97. The molecule has 2 heterocycles. The van der Waals surface area contributed by atoms with Gasteiger partial charge < -0.3 is 14.6 Å². The summed E-state index contributed by atoms with van der Waals surface area (Å²) >= 11 is 0. The third kappa shape index (κ3) is 4.72. The molecule has 8 nitrogen and oxygen atoms in total. The zero-order valence-electron chi connectivity index (χ0n) is 19.6. The van der Waals surface area contributed by atoms with Gasteiger partial charge in [-0.3, -0.25) is 9.59 Å². The molecule has 2 aromatic carbocycles. The van der Waals surface area contributed by atoms with E-state index in [4.69, 9.17) is 4.74 Å². The Balaban J connectivity index is 1.80. The van der Waals surface area contributed by atoms with Crippen LogP contribution in [-0.4, -0.2) is 32.3 Å². The molecule has 4 aromatic rings. The average molecular weight is 497 g/mol. The Kier molecular flexibility index (Phi) is 6.65. The van der Waals surface area contributed by atoms with Crippen molar-refractivity contribution < 1.29 is 22.7 Å². The molecule has 0 fully saturated rings. The lowest BCUT2D eigenvalue weighted by Crippen LogP contribution is -2.36. The number of imidazole rings is 1. The Hall–Kier alpha value is -4.41. The van der Waals surface area contributed by atoms with Crippen molar-refractivity contribution in [1.82, 2.24) is 24.6 Å². The number of rotatable bonds is 6. The van der Waals surface area contributed by atoms with Crippen molar-refractivity contribution >= 4 is 5.91 Å². The molecule has 1 N–H and O–H groups in total. The van der Waals surface area contributed by atoms with Crippen LogP contribution in [0.3, 0.4) is 0 Å². The van der Waals surface area contributed by atoms with E-state index in [1.165, 1.54) is 32.2 Å². The number of benzene rings is 2. The number of hydrogen-bond donors (Lipinski definition) is 1. The van der Waals surface area contributed by atoms with Crippen LogP contribution in [0.4, 0.5) is 13.2 Å². The van der Waals surface area contributed by atoms with Gasteiger partial charge in [0, 0.05) is 36.8 Å². The van der Waals surface area contributed by atoms with Crippen LogP contribution >= 0.6 is 0 Å². The molecule has 0 aliphatic carbocycles. The Morgan fingerprint density at radius 2 is 1.81 bits per heavy atom. The molecule has 0 bridgehead atoms. The average Bonchev–Trinajstić information content (AvgIpc) is 3.27. The SMILES string of the molecule is COc1ccccc1C(NC(=O)c1nn(-c2ccccc2C(F)(F)F)c(C)cc1=O)c1nccn1C. The number of amides is 1. The molecule has 0 spiro atoms. The van der Waals surface area contributed by atoms with Gasteiger partial charge in [0.05, 0.1) is 18.4 Å². The van der Waals surface area contributed by atoms with E-state index in [1.807, 2.05) is 0 Å². The van der Waals surface area contributed by atoms with Crippen molar-refractivity contribution in [3.63, 3.8) is 0 Å². The van der Waals surface area contributed by atoms with Gasteiger partial charge in [-0.25, -0.2) is 9.67 Å². The van der Waals surface area contributed by atoms with Crippen molar-refractivity contribution in [3.8, 4) is 11.4 Å².